The minimum atomic E-state index is -4.46. The number of esters is 1. The molecule has 0 saturated carbocycles. The fourth-order valence-corrected chi connectivity index (χ4v) is 3.98. The number of benzene rings is 2. The highest BCUT2D eigenvalue weighted by atomic mass is 31.2. The number of hydrogen-bond acceptors (Lipinski definition) is 6. The number of rotatable bonds is 10. The molecule has 0 radical (unpaired) electrons. The van der Waals surface area contributed by atoms with Gasteiger partial charge in [-0.1, -0.05) is 60.7 Å². The summed E-state index contributed by atoms with van der Waals surface area (Å²) in [5.74, 6) is -2.09. The van der Waals surface area contributed by atoms with Gasteiger partial charge in [-0.3, -0.25) is 9.09 Å². The summed E-state index contributed by atoms with van der Waals surface area (Å²) >= 11 is 0. The molecule has 0 fully saturated rings. The van der Waals surface area contributed by atoms with E-state index in [9.17, 15) is 19.0 Å². The number of ether oxygens (including phenoxy) is 2. The van der Waals surface area contributed by atoms with Crippen molar-refractivity contribution < 1.29 is 33.0 Å². The first kappa shape index (κ1) is 23.6. The lowest BCUT2D eigenvalue weighted by atomic mass is 10.1. The van der Waals surface area contributed by atoms with Crippen molar-refractivity contribution in [3.8, 4) is 0 Å². The van der Waals surface area contributed by atoms with Crippen LogP contribution in [0.5, 0.6) is 0 Å². The van der Waals surface area contributed by atoms with E-state index in [2.05, 4.69) is 5.32 Å². The monoisotopic (exact) mass is 435 g/mol. The van der Waals surface area contributed by atoms with Crippen LogP contribution in [0.25, 0.3) is 0 Å². The molecule has 2 aromatic rings. The number of nitrogens with one attached hydrogen (secondary N) is 1. The number of carbonyl (C=O) groups is 2. The maximum atomic E-state index is 12.9. The number of amides is 1. The maximum absolute atomic E-state index is 12.9. The van der Waals surface area contributed by atoms with Crippen LogP contribution in [0.15, 0.2) is 60.7 Å². The summed E-state index contributed by atoms with van der Waals surface area (Å²) in [5.41, 5.74) is 1.47. The fourth-order valence-electron chi connectivity index (χ4n) is 2.59. The molecular formula is C21H26NO7P. The highest BCUT2D eigenvalue weighted by Crippen LogP contribution is 2.48. The molecular weight excluding hydrogens is 409 g/mol. The van der Waals surface area contributed by atoms with Crippen molar-refractivity contribution in [3.63, 3.8) is 0 Å². The Hall–Kier alpha value is -2.67. The zero-order valence-electron chi connectivity index (χ0n) is 16.9. The summed E-state index contributed by atoms with van der Waals surface area (Å²) < 4.78 is 28.0. The molecule has 30 heavy (non-hydrogen) atoms. The average Bonchev–Trinajstić information content (AvgIpc) is 2.73. The molecule has 2 unspecified atom stereocenters. The fraction of sp³-hybridized carbons (Fsp3) is 0.333. The lowest BCUT2D eigenvalue weighted by molar-refractivity contribution is -0.150. The van der Waals surface area contributed by atoms with E-state index in [4.69, 9.17) is 14.0 Å². The molecule has 0 aliphatic rings. The molecule has 0 heterocycles. The lowest BCUT2D eigenvalue weighted by Crippen LogP contribution is -2.38. The van der Waals surface area contributed by atoms with Crippen LogP contribution in [0.3, 0.4) is 0 Å². The molecule has 0 aromatic heterocycles. The third kappa shape index (κ3) is 7.63. The summed E-state index contributed by atoms with van der Waals surface area (Å²) in [5, 5.41) is 2.40. The summed E-state index contributed by atoms with van der Waals surface area (Å²) in [6, 6.07) is 17.9. The molecule has 3 atom stereocenters. The van der Waals surface area contributed by atoms with E-state index in [1.807, 2.05) is 6.07 Å². The van der Waals surface area contributed by atoms with Crippen molar-refractivity contribution in [2.24, 2.45) is 0 Å². The van der Waals surface area contributed by atoms with Crippen LogP contribution in [-0.4, -0.2) is 35.4 Å². The number of carbonyl (C=O) groups excluding carboxylic acids is 2. The van der Waals surface area contributed by atoms with E-state index in [1.165, 1.54) is 6.92 Å². The molecule has 0 aliphatic heterocycles. The van der Waals surface area contributed by atoms with Crippen LogP contribution in [0.2, 0.25) is 0 Å². The normalized spacial score (nSPS) is 14.8. The van der Waals surface area contributed by atoms with Crippen LogP contribution in [0, 0.1) is 0 Å². The van der Waals surface area contributed by atoms with Crippen molar-refractivity contribution in [1.29, 1.82) is 0 Å². The average molecular weight is 435 g/mol. The molecule has 0 aliphatic carbocycles. The Kier molecular flexibility index (Phi) is 9.05. The van der Waals surface area contributed by atoms with Crippen LogP contribution in [-0.2, 0) is 36.4 Å². The second kappa shape index (κ2) is 11.5. The van der Waals surface area contributed by atoms with Crippen LogP contribution >= 0.6 is 7.60 Å². The standard InChI is InChI=1S/C21H26NO7P/c1-3-27-20(23)16(2)29-30(25,26)19(14-17-10-6-4-7-11-17)22-21(24)28-15-18-12-8-5-9-13-18/h4-13,16,19H,3,14-15H2,1-2H3,(H,22,24)(H,25,26)/t16-,19?/m0/s1. The Morgan fingerprint density at radius 2 is 1.57 bits per heavy atom. The second-order valence-corrected chi connectivity index (χ2v) is 8.44. The van der Waals surface area contributed by atoms with Gasteiger partial charge in [-0.25, -0.2) is 9.59 Å². The van der Waals surface area contributed by atoms with Gasteiger partial charge < -0.3 is 19.7 Å². The first-order valence-electron chi connectivity index (χ1n) is 9.50. The van der Waals surface area contributed by atoms with Crippen LogP contribution < -0.4 is 5.32 Å². The predicted octanol–water partition coefficient (Wildman–Crippen LogP) is 3.64. The topological polar surface area (TPSA) is 111 Å². The van der Waals surface area contributed by atoms with Crippen molar-refractivity contribution in [2.75, 3.05) is 6.61 Å². The second-order valence-electron chi connectivity index (χ2n) is 6.48. The minimum absolute atomic E-state index is 0.000542. The molecule has 2 aromatic carbocycles. The Bertz CT molecular complexity index is 860. The van der Waals surface area contributed by atoms with E-state index in [0.717, 1.165) is 5.56 Å². The van der Waals surface area contributed by atoms with E-state index in [0.29, 0.717) is 5.56 Å². The molecule has 162 valence electrons. The van der Waals surface area contributed by atoms with Gasteiger partial charge in [0.25, 0.3) is 0 Å². The molecule has 8 nitrogen and oxygen atoms in total. The van der Waals surface area contributed by atoms with Crippen molar-refractivity contribution in [3.05, 3.63) is 71.8 Å². The Labute approximate surface area is 175 Å². The largest absolute Gasteiger partial charge is 0.464 e. The summed E-state index contributed by atoms with van der Waals surface area (Å²) in [4.78, 5) is 34.6. The van der Waals surface area contributed by atoms with Gasteiger partial charge in [0.05, 0.1) is 6.61 Å². The van der Waals surface area contributed by atoms with Gasteiger partial charge in [0.15, 0.2) is 6.10 Å². The minimum Gasteiger partial charge on any atom is -0.464 e. The first-order chi connectivity index (χ1) is 14.3. The molecule has 1 amide bonds. The van der Waals surface area contributed by atoms with E-state index >= 15 is 0 Å². The van der Waals surface area contributed by atoms with Crippen molar-refractivity contribution in [2.45, 2.75) is 38.8 Å². The highest BCUT2D eigenvalue weighted by Gasteiger charge is 2.38. The smallest absolute Gasteiger partial charge is 0.408 e. The molecule has 2 N–H and O–H groups in total. The van der Waals surface area contributed by atoms with Crippen LogP contribution in [0.1, 0.15) is 25.0 Å². The van der Waals surface area contributed by atoms with Crippen LogP contribution in [0.4, 0.5) is 4.79 Å². The zero-order chi connectivity index (χ0) is 22.0. The number of alkyl carbamates (subject to hydrolysis) is 1. The zero-order valence-corrected chi connectivity index (χ0v) is 17.8. The third-order valence-corrected chi connectivity index (χ3v) is 5.81. The Balaban J connectivity index is 2.09. The van der Waals surface area contributed by atoms with Gasteiger partial charge >= 0.3 is 19.7 Å². The van der Waals surface area contributed by atoms with Gasteiger partial charge in [0.1, 0.15) is 12.4 Å². The van der Waals surface area contributed by atoms with Gasteiger partial charge in [0.2, 0.25) is 0 Å². The van der Waals surface area contributed by atoms with Gasteiger partial charge in [0, 0.05) is 6.42 Å². The quantitative estimate of drug-likeness (QED) is 0.433. The highest BCUT2D eigenvalue weighted by molar-refractivity contribution is 7.53. The lowest BCUT2D eigenvalue weighted by Gasteiger charge is -2.25. The molecule has 0 spiro atoms. The van der Waals surface area contributed by atoms with Crippen molar-refractivity contribution in [1.82, 2.24) is 5.32 Å². The Morgan fingerprint density at radius 1 is 1.00 bits per heavy atom. The van der Waals surface area contributed by atoms with E-state index < -0.39 is 31.5 Å². The SMILES string of the molecule is CCOC(=O)[C@H](C)OP(=O)(O)C(Cc1ccccc1)NC(=O)OCc1ccccc1. The third-order valence-electron chi connectivity index (χ3n) is 4.09. The van der Waals surface area contributed by atoms with E-state index in [-0.39, 0.29) is 19.6 Å². The van der Waals surface area contributed by atoms with Gasteiger partial charge in [-0.15, -0.1) is 0 Å². The molecule has 9 heteroatoms. The predicted molar refractivity (Wildman–Crippen MR) is 111 cm³/mol. The van der Waals surface area contributed by atoms with Gasteiger partial charge in [-0.2, -0.15) is 0 Å². The summed E-state index contributed by atoms with van der Waals surface area (Å²) in [6.07, 6.45) is -2.15. The first-order valence-corrected chi connectivity index (χ1v) is 11.1. The summed E-state index contributed by atoms with van der Waals surface area (Å²) in [6.45, 7) is 3.04. The van der Waals surface area contributed by atoms with Crippen molar-refractivity contribution >= 4 is 19.7 Å². The maximum Gasteiger partial charge on any atom is 0.408 e. The Morgan fingerprint density at radius 3 is 2.13 bits per heavy atom. The molecule has 0 saturated heterocycles. The summed E-state index contributed by atoms with van der Waals surface area (Å²) in [7, 11) is -4.46. The molecule has 0 bridgehead atoms. The van der Waals surface area contributed by atoms with Gasteiger partial charge in [-0.05, 0) is 25.0 Å². The number of hydrogen-bond donors (Lipinski definition) is 2. The van der Waals surface area contributed by atoms with E-state index in [1.54, 1.807) is 61.5 Å². The molecule has 2 rings (SSSR count).